The van der Waals surface area contributed by atoms with E-state index in [-0.39, 0.29) is 29.7 Å². The molecule has 0 unspecified atom stereocenters. The van der Waals surface area contributed by atoms with Crippen molar-refractivity contribution in [1.29, 1.82) is 0 Å². The minimum Gasteiger partial charge on any atom is -0.366 e. The Balaban J connectivity index is 1.74. The van der Waals surface area contributed by atoms with Crippen LogP contribution in [-0.4, -0.2) is 26.6 Å². The van der Waals surface area contributed by atoms with Crippen LogP contribution in [0.15, 0.2) is 60.9 Å². The zero-order valence-corrected chi connectivity index (χ0v) is 21.5. The summed E-state index contributed by atoms with van der Waals surface area (Å²) in [6, 6.07) is 7.80. The zero-order valence-electron chi connectivity index (χ0n) is 21.5. The normalized spacial score (nSPS) is 12.3. The van der Waals surface area contributed by atoms with Crippen molar-refractivity contribution in [2.45, 2.75) is 38.5 Å². The molecule has 0 aliphatic rings. The molecule has 2 amide bonds. The Hall–Kier alpha value is -4.68. The predicted octanol–water partition coefficient (Wildman–Crippen LogP) is 5.14. The molecule has 2 aromatic heterocycles. The molecule has 214 valence electrons. The van der Waals surface area contributed by atoms with Gasteiger partial charge in [-0.2, -0.15) is 18.3 Å². The lowest BCUT2D eigenvalue weighted by atomic mass is 9.92. The summed E-state index contributed by atoms with van der Waals surface area (Å²) in [6.45, 7) is 1.03. The summed E-state index contributed by atoms with van der Waals surface area (Å²) in [6.07, 6.45) is -1.92. The summed E-state index contributed by atoms with van der Waals surface area (Å²) in [7, 11) is 0. The number of hydrogen-bond donors (Lipinski definition) is 2. The van der Waals surface area contributed by atoms with E-state index >= 15 is 0 Å². The molecule has 2 heterocycles. The van der Waals surface area contributed by atoms with E-state index in [0.717, 1.165) is 28.9 Å². The third-order valence-electron chi connectivity index (χ3n) is 6.28. The molecular formula is C28H23F6N5O2. The maximum atomic E-state index is 14.2. The fraction of sp³-hybridized carbons (Fsp3) is 0.214. The summed E-state index contributed by atoms with van der Waals surface area (Å²) in [4.78, 5) is 29.0. The van der Waals surface area contributed by atoms with E-state index in [2.05, 4.69) is 15.4 Å². The van der Waals surface area contributed by atoms with E-state index in [1.54, 1.807) is 6.92 Å². The highest BCUT2D eigenvalue weighted by molar-refractivity contribution is 5.94. The molecule has 0 saturated carbocycles. The predicted molar refractivity (Wildman–Crippen MR) is 136 cm³/mol. The van der Waals surface area contributed by atoms with E-state index in [4.69, 9.17) is 5.73 Å². The summed E-state index contributed by atoms with van der Waals surface area (Å²) in [5, 5.41) is 6.21. The van der Waals surface area contributed by atoms with Crippen molar-refractivity contribution in [3.63, 3.8) is 0 Å². The molecule has 1 atom stereocenters. The number of halogens is 6. The number of nitrogens with zero attached hydrogens (tertiary/aromatic N) is 3. The number of hydrogen-bond acceptors (Lipinski definition) is 4. The van der Waals surface area contributed by atoms with Crippen LogP contribution in [0.3, 0.4) is 0 Å². The molecule has 0 fully saturated rings. The van der Waals surface area contributed by atoms with Crippen LogP contribution in [0.25, 0.3) is 11.1 Å². The first-order chi connectivity index (χ1) is 19.3. The van der Waals surface area contributed by atoms with Gasteiger partial charge in [0.15, 0.2) is 5.69 Å². The van der Waals surface area contributed by atoms with Crippen LogP contribution in [0.1, 0.15) is 45.8 Å². The van der Waals surface area contributed by atoms with Gasteiger partial charge >= 0.3 is 6.18 Å². The van der Waals surface area contributed by atoms with Crippen LogP contribution in [0.2, 0.25) is 0 Å². The number of nitrogens with one attached hydrogen (secondary N) is 1. The Labute approximate surface area is 230 Å². The number of amides is 2. The summed E-state index contributed by atoms with van der Waals surface area (Å²) < 4.78 is 82.7. The quantitative estimate of drug-likeness (QED) is 0.270. The lowest BCUT2D eigenvalue weighted by Crippen LogP contribution is -2.34. The topological polar surface area (TPSA) is 103 Å². The highest BCUT2D eigenvalue weighted by Crippen LogP contribution is 2.32. The van der Waals surface area contributed by atoms with Crippen molar-refractivity contribution in [1.82, 2.24) is 20.1 Å². The van der Waals surface area contributed by atoms with Gasteiger partial charge in [-0.3, -0.25) is 19.3 Å². The fourth-order valence-electron chi connectivity index (χ4n) is 4.42. The Morgan fingerprint density at radius 2 is 1.73 bits per heavy atom. The van der Waals surface area contributed by atoms with Crippen LogP contribution in [0, 0.1) is 17.5 Å². The maximum Gasteiger partial charge on any atom is 0.435 e. The molecule has 0 aliphatic heterocycles. The second-order valence-corrected chi connectivity index (χ2v) is 9.15. The van der Waals surface area contributed by atoms with Gasteiger partial charge < -0.3 is 11.1 Å². The average molecular weight is 576 g/mol. The Kier molecular flexibility index (Phi) is 8.45. The molecule has 13 heteroatoms. The minimum absolute atomic E-state index is 0.156. The SMILES string of the molecule is CCc1cc(C(F)(F)F)nn1CC(=O)N[C@@H](Cc1cc(F)cc(F)c1)c1cnccc1-c1ccc(F)c(C(N)=O)c1. The monoisotopic (exact) mass is 575 g/mol. The van der Waals surface area contributed by atoms with E-state index in [1.165, 1.54) is 30.6 Å². The van der Waals surface area contributed by atoms with Crippen LogP contribution in [0.4, 0.5) is 26.3 Å². The minimum atomic E-state index is -4.71. The highest BCUT2D eigenvalue weighted by Gasteiger charge is 2.35. The van der Waals surface area contributed by atoms with Crippen LogP contribution < -0.4 is 11.1 Å². The van der Waals surface area contributed by atoms with E-state index in [9.17, 15) is 35.9 Å². The molecule has 4 rings (SSSR count). The van der Waals surface area contributed by atoms with Crippen molar-refractivity contribution in [3.05, 3.63) is 106 Å². The number of alkyl halides is 3. The first-order valence-electron chi connectivity index (χ1n) is 12.3. The molecule has 0 saturated heterocycles. The van der Waals surface area contributed by atoms with Gasteiger partial charge in [-0.25, -0.2) is 13.2 Å². The second kappa shape index (κ2) is 11.8. The van der Waals surface area contributed by atoms with Gasteiger partial charge in [-0.1, -0.05) is 13.0 Å². The van der Waals surface area contributed by atoms with Gasteiger partial charge in [0, 0.05) is 29.7 Å². The van der Waals surface area contributed by atoms with Crippen LogP contribution in [-0.2, 0) is 30.4 Å². The Morgan fingerprint density at radius 1 is 1.02 bits per heavy atom. The number of carbonyl (C=O) groups excluding carboxylic acids is 2. The highest BCUT2D eigenvalue weighted by atomic mass is 19.4. The molecule has 0 spiro atoms. The number of carbonyl (C=O) groups is 2. The van der Waals surface area contributed by atoms with Gasteiger partial charge in [0.2, 0.25) is 5.91 Å². The average Bonchev–Trinajstić information content (AvgIpc) is 3.31. The lowest BCUT2D eigenvalue weighted by molar-refractivity contribution is -0.141. The Bertz CT molecular complexity index is 1580. The smallest absolute Gasteiger partial charge is 0.366 e. The number of aryl methyl sites for hydroxylation is 1. The summed E-state index contributed by atoms with van der Waals surface area (Å²) in [5.74, 6) is -4.31. The van der Waals surface area contributed by atoms with E-state index < -0.39 is 53.7 Å². The second-order valence-electron chi connectivity index (χ2n) is 9.15. The van der Waals surface area contributed by atoms with Crippen LogP contribution >= 0.6 is 0 Å². The first-order valence-corrected chi connectivity index (χ1v) is 12.3. The zero-order chi connectivity index (χ0) is 29.9. The molecule has 0 bridgehead atoms. The van der Waals surface area contributed by atoms with Crippen molar-refractivity contribution < 1.29 is 35.9 Å². The molecule has 41 heavy (non-hydrogen) atoms. The molecule has 0 radical (unpaired) electrons. The standard InChI is InChI=1S/C28H23F6N5O2/c1-2-19-12-25(28(32,33)34)38-39(19)14-26(40)37-24(9-15-7-17(29)11-18(30)8-15)22-13-36-6-5-20(22)16-3-4-23(31)21(10-16)27(35)41/h3-8,10-13,24H,2,9,14H2,1H3,(H2,35,41)(H,37,40)/t24-/m0/s1. The molecule has 4 aromatic rings. The van der Waals surface area contributed by atoms with Gasteiger partial charge in [0.05, 0.1) is 11.6 Å². The number of rotatable bonds is 9. The molecule has 3 N–H and O–H groups in total. The molecular weight excluding hydrogens is 552 g/mol. The maximum absolute atomic E-state index is 14.2. The summed E-state index contributed by atoms with van der Waals surface area (Å²) >= 11 is 0. The fourth-order valence-corrected chi connectivity index (χ4v) is 4.42. The van der Waals surface area contributed by atoms with Gasteiger partial charge in [-0.05, 0) is 65.9 Å². The third kappa shape index (κ3) is 6.91. The van der Waals surface area contributed by atoms with Gasteiger partial charge in [-0.15, -0.1) is 0 Å². The van der Waals surface area contributed by atoms with E-state index in [1.807, 2.05) is 0 Å². The summed E-state index contributed by atoms with van der Waals surface area (Å²) in [5.41, 5.74) is 5.12. The lowest BCUT2D eigenvalue weighted by Gasteiger charge is -2.23. The first kappa shape index (κ1) is 29.3. The van der Waals surface area contributed by atoms with Crippen molar-refractivity contribution >= 4 is 11.8 Å². The number of aromatic nitrogens is 3. The molecule has 2 aromatic carbocycles. The molecule has 0 aliphatic carbocycles. The number of pyridine rings is 1. The van der Waals surface area contributed by atoms with Crippen molar-refractivity contribution in [2.75, 3.05) is 0 Å². The molecule has 7 nitrogen and oxygen atoms in total. The van der Waals surface area contributed by atoms with Crippen LogP contribution in [0.5, 0.6) is 0 Å². The number of benzene rings is 2. The number of primary amides is 1. The third-order valence-corrected chi connectivity index (χ3v) is 6.28. The van der Waals surface area contributed by atoms with Crippen molar-refractivity contribution in [3.8, 4) is 11.1 Å². The van der Waals surface area contributed by atoms with Gasteiger partial charge in [0.1, 0.15) is 24.0 Å². The largest absolute Gasteiger partial charge is 0.435 e. The van der Waals surface area contributed by atoms with Gasteiger partial charge in [0.25, 0.3) is 5.91 Å². The van der Waals surface area contributed by atoms with Crippen molar-refractivity contribution in [2.24, 2.45) is 5.73 Å². The van der Waals surface area contributed by atoms with E-state index in [0.29, 0.717) is 22.8 Å². The Morgan fingerprint density at radius 3 is 2.37 bits per heavy atom. The number of nitrogens with two attached hydrogens (primary N) is 1.